The topological polar surface area (TPSA) is 100 Å². The van der Waals surface area contributed by atoms with Crippen LogP contribution in [0.3, 0.4) is 0 Å². The van der Waals surface area contributed by atoms with E-state index in [1.807, 2.05) is 13.0 Å². The average Bonchev–Trinajstić information content (AvgIpc) is 2.84. The number of nitrogens with one attached hydrogen (secondary N) is 2. The Labute approximate surface area is 202 Å². The van der Waals surface area contributed by atoms with E-state index in [1.165, 1.54) is 6.08 Å². The van der Waals surface area contributed by atoms with E-state index in [1.54, 1.807) is 72.8 Å². The zero-order chi connectivity index (χ0) is 24.3. The van der Waals surface area contributed by atoms with Crippen molar-refractivity contribution < 1.29 is 19.1 Å². The summed E-state index contributed by atoms with van der Waals surface area (Å²) >= 11 is 5.85. The number of nitriles is 1. The summed E-state index contributed by atoms with van der Waals surface area (Å²) in [5.41, 5.74) is 1.48. The highest BCUT2D eigenvalue weighted by Gasteiger charge is 2.12. The number of carbonyl (C=O) groups is 2. The van der Waals surface area contributed by atoms with E-state index in [0.717, 1.165) is 0 Å². The highest BCUT2D eigenvalue weighted by Crippen LogP contribution is 2.22. The molecule has 0 radical (unpaired) electrons. The first-order valence-corrected chi connectivity index (χ1v) is 10.8. The van der Waals surface area contributed by atoms with Crippen molar-refractivity contribution in [3.63, 3.8) is 0 Å². The number of halogens is 1. The van der Waals surface area contributed by atoms with E-state index in [2.05, 4.69) is 10.6 Å². The third-order valence-electron chi connectivity index (χ3n) is 4.49. The number of nitrogens with zero attached hydrogens (tertiary/aromatic N) is 1. The lowest BCUT2D eigenvalue weighted by atomic mass is 10.1. The first kappa shape index (κ1) is 24.4. The molecule has 0 aliphatic rings. The molecule has 2 N–H and O–H groups in total. The van der Waals surface area contributed by atoms with Crippen molar-refractivity contribution in [3.8, 4) is 17.6 Å². The van der Waals surface area contributed by atoms with E-state index >= 15 is 0 Å². The molecule has 172 valence electrons. The van der Waals surface area contributed by atoms with Gasteiger partial charge >= 0.3 is 0 Å². The molecule has 0 bridgehead atoms. The number of hydrogen-bond donors (Lipinski definition) is 2. The molecule has 0 heterocycles. The molecule has 0 aliphatic heterocycles. The minimum Gasteiger partial charge on any atom is -0.494 e. The predicted octanol–water partition coefficient (Wildman–Crippen LogP) is 5.30. The van der Waals surface area contributed by atoms with Crippen LogP contribution in [0.4, 0.5) is 11.4 Å². The fourth-order valence-electron chi connectivity index (χ4n) is 2.91. The molecule has 0 atom stereocenters. The lowest BCUT2D eigenvalue weighted by molar-refractivity contribution is -0.118. The number of ether oxygens (including phenoxy) is 2. The Morgan fingerprint density at radius 1 is 0.941 bits per heavy atom. The Bertz CT molecular complexity index is 1220. The summed E-state index contributed by atoms with van der Waals surface area (Å²) in [4.78, 5) is 24.8. The number of rotatable bonds is 9. The molecule has 0 saturated carbocycles. The van der Waals surface area contributed by atoms with Crippen LogP contribution in [-0.4, -0.2) is 25.0 Å². The molecule has 0 unspecified atom stereocenters. The molecule has 0 spiro atoms. The SMILES string of the molecule is CCOc1ccc(NC(=O)/C(C#N)=C/c2ccccc2OCC(=O)Nc2ccc(Cl)cc2)cc1. The molecule has 0 aliphatic carbocycles. The Morgan fingerprint density at radius 3 is 2.26 bits per heavy atom. The molecule has 2 amide bonds. The van der Waals surface area contributed by atoms with Crippen LogP contribution in [0.15, 0.2) is 78.4 Å². The van der Waals surface area contributed by atoms with Gasteiger partial charge in [-0.3, -0.25) is 9.59 Å². The molecule has 7 nitrogen and oxygen atoms in total. The molecule has 3 aromatic rings. The maximum Gasteiger partial charge on any atom is 0.266 e. The second-order valence-electron chi connectivity index (χ2n) is 6.96. The van der Waals surface area contributed by atoms with Crippen molar-refractivity contribution in [2.45, 2.75) is 6.92 Å². The molecule has 3 aromatic carbocycles. The van der Waals surface area contributed by atoms with Gasteiger partial charge in [0.05, 0.1) is 6.61 Å². The lowest BCUT2D eigenvalue weighted by Crippen LogP contribution is -2.20. The van der Waals surface area contributed by atoms with Gasteiger partial charge in [0.25, 0.3) is 11.8 Å². The van der Waals surface area contributed by atoms with Crippen LogP contribution in [0, 0.1) is 11.3 Å². The first-order valence-electron chi connectivity index (χ1n) is 10.4. The fourth-order valence-corrected chi connectivity index (χ4v) is 3.03. The summed E-state index contributed by atoms with van der Waals surface area (Å²) in [5, 5.41) is 15.5. The van der Waals surface area contributed by atoms with Crippen LogP contribution < -0.4 is 20.1 Å². The molecule has 0 saturated heterocycles. The number of para-hydroxylation sites is 1. The van der Waals surface area contributed by atoms with E-state index in [9.17, 15) is 14.9 Å². The summed E-state index contributed by atoms with van der Waals surface area (Å²) < 4.78 is 11.0. The maximum absolute atomic E-state index is 12.6. The van der Waals surface area contributed by atoms with Crippen LogP contribution in [0.1, 0.15) is 12.5 Å². The van der Waals surface area contributed by atoms with E-state index in [-0.39, 0.29) is 18.1 Å². The van der Waals surface area contributed by atoms with E-state index in [4.69, 9.17) is 21.1 Å². The average molecular weight is 476 g/mol. The quantitative estimate of drug-likeness (QED) is 0.323. The van der Waals surface area contributed by atoms with Gasteiger partial charge in [-0.15, -0.1) is 0 Å². The van der Waals surface area contributed by atoms with Gasteiger partial charge in [0, 0.05) is 22.0 Å². The van der Waals surface area contributed by atoms with Crippen molar-refractivity contribution >= 4 is 40.9 Å². The van der Waals surface area contributed by atoms with Gasteiger partial charge in [-0.1, -0.05) is 29.8 Å². The maximum atomic E-state index is 12.6. The summed E-state index contributed by atoms with van der Waals surface area (Å²) in [5.74, 6) is 0.106. The zero-order valence-corrected chi connectivity index (χ0v) is 19.1. The zero-order valence-electron chi connectivity index (χ0n) is 18.4. The van der Waals surface area contributed by atoms with Gasteiger partial charge < -0.3 is 20.1 Å². The van der Waals surface area contributed by atoms with E-state index in [0.29, 0.717) is 40.1 Å². The minimum absolute atomic E-state index is 0.115. The minimum atomic E-state index is -0.568. The number of amides is 2. The third kappa shape index (κ3) is 7.12. The molecular weight excluding hydrogens is 454 g/mol. The Hall–Kier alpha value is -4.28. The largest absolute Gasteiger partial charge is 0.494 e. The van der Waals surface area contributed by atoms with Crippen molar-refractivity contribution in [2.75, 3.05) is 23.8 Å². The van der Waals surface area contributed by atoms with Crippen LogP contribution in [0.2, 0.25) is 5.02 Å². The Morgan fingerprint density at radius 2 is 1.59 bits per heavy atom. The van der Waals surface area contributed by atoms with Crippen molar-refractivity contribution in [2.24, 2.45) is 0 Å². The van der Waals surface area contributed by atoms with Crippen LogP contribution >= 0.6 is 11.6 Å². The number of carbonyl (C=O) groups excluding carboxylic acids is 2. The smallest absolute Gasteiger partial charge is 0.266 e. The molecule has 0 fully saturated rings. The Kier molecular flexibility index (Phi) is 8.67. The van der Waals surface area contributed by atoms with Gasteiger partial charge in [0.2, 0.25) is 0 Å². The number of hydrogen-bond acceptors (Lipinski definition) is 5. The monoisotopic (exact) mass is 475 g/mol. The first-order chi connectivity index (χ1) is 16.5. The number of benzene rings is 3. The summed E-state index contributed by atoms with van der Waals surface area (Å²) in [6.07, 6.45) is 1.41. The van der Waals surface area contributed by atoms with Gasteiger partial charge in [0.15, 0.2) is 6.61 Å². The normalized spacial score (nSPS) is 10.7. The lowest BCUT2D eigenvalue weighted by Gasteiger charge is -2.10. The molecule has 8 heteroatoms. The standard InChI is InChI=1S/C26H22ClN3O4/c1-2-33-23-13-11-22(12-14-23)30-26(32)19(16-28)15-18-5-3-4-6-24(18)34-17-25(31)29-21-9-7-20(27)8-10-21/h3-15H,2,17H2,1H3,(H,29,31)(H,30,32)/b19-15+. The molecule has 3 rings (SSSR count). The van der Waals surface area contributed by atoms with Crippen molar-refractivity contribution in [3.05, 3.63) is 89.0 Å². The molecular formula is C26H22ClN3O4. The van der Waals surface area contributed by atoms with Gasteiger partial charge in [0.1, 0.15) is 23.1 Å². The van der Waals surface area contributed by atoms with E-state index < -0.39 is 5.91 Å². The highest BCUT2D eigenvalue weighted by molar-refractivity contribution is 6.30. The van der Waals surface area contributed by atoms with Gasteiger partial charge in [-0.05, 0) is 67.6 Å². The second kappa shape index (κ2) is 12.1. The third-order valence-corrected chi connectivity index (χ3v) is 4.75. The predicted molar refractivity (Wildman–Crippen MR) is 132 cm³/mol. The van der Waals surface area contributed by atoms with Crippen LogP contribution in [0.5, 0.6) is 11.5 Å². The molecule has 34 heavy (non-hydrogen) atoms. The fraction of sp³-hybridized carbons (Fsp3) is 0.115. The van der Waals surface area contributed by atoms with Gasteiger partial charge in [-0.25, -0.2) is 0 Å². The summed E-state index contributed by atoms with van der Waals surface area (Å²) in [7, 11) is 0. The van der Waals surface area contributed by atoms with Crippen molar-refractivity contribution in [1.29, 1.82) is 5.26 Å². The molecule has 0 aromatic heterocycles. The van der Waals surface area contributed by atoms with Crippen molar-refractivity contribution in [1.82, 2.24) is 0 Å². The van der Waals surface area contributed by atoms with Gasteiger partial charge in [-0.2, -0.15) is 5.26 Å². The number of anilines is 2. The highest BCUT2D eigenvalue weighted by atomic mass is 35.5. The van der Waals surface area contributed by atoms with Crippen LogP contribution in [-0.2, 0) is 9.59 Å². The second-order valence-corrected chi connectivity index (χ2v) is 7.40. The summed E-state index contributed by atoms with van der Waals surface area (Å²) in [6, 6.07) is 22.3. The summed E-state index contributed by atoms with van der Waals surface area (Å²) in [6.45, 7) is 2.17. The van der Waals surface area contributed by atoms with Crippen LogP contribution in [0.25, 0.3) is 6.08 Å². The Balaban J connectivity index is 1.66.